The van der Waals surface area contributed by atoms with Crippen LogP contribution in [0.1, 0.15) is 29.5 Å². The molecule has 1 saturated heterocycles. The average molecular weight is 253 g/mol. The van der Waals surface area contributed by atoms with E-state index in [1.807, 2.05) is 11.3 Å². The van der Waals surface area contributed by atoms with Gasteiger partial charge in [0, 0.05) is 16.3 Å². The van der Waals surface area contributed by atoms with Gasteiger partial charge >= 0.3 is 5.97 Å². The first-order chi connectivity index (χ1) is 8.24. The van der Waals surface area contributed by atoms with Crippen molar-refractivity contribution >= 4 is 17.3 Å². The number of nitrogens with zero attached hydrogens (tertiary/aromatic N) is 1. The lowest BCUT2D eigenvalue weighted by atomic mass is 10.2. The number of aryl methyl sites for hydroxylation is 1. The second-order valence-corrected chi connectivity index (χ2v) is 5.63. The van der Waals surface area contributed by atoms with Crippen LogP contribution < -0.4 is 0 Å². The summed E-state index contributed by atoms with van der Waals surface area (Å²) in [5.74, 6) is -0.0882. The third kappa shape index (κ3) is 2.87. The van der Waals surface area contributed by atoms with E-state index in [-0.39, 0.29) is 12.0 Å². The van der Waals surface area contributed by atoms with Crippen molar-refractivity contribution in [2.24, 2.45) is 0 Å². The van der Waals surface area contributed by atoms with Gasteiger partial charge in [-0.25, -0.2) is 0 Å². The molecule has 3 nitrogen and oxygen atoms in total. The predicted octanol–water partition coefficient (Wildman–Crippen LogP) is 2.45. The minimum absolute atomic E-state index is 0.0350. The highest BCUT2D eigenvalue weighted by Gasteiger charge is 2.31. The van der Waals surface area contributed by atoms with Crippen LogP contribution in [0, 0.1) is 0 Å². The van der Waals surface area contributed by atoms with Crippen LogP contribution in [0.3, 0.4) is 0 Å². The summed E-state index contributed by atoms with van der Waals surface area (Å²) in [6.07, 6.45) is 3.11. The quantitative estimate of drug-likeness (QED) is 0.772. The monoisotopic (exact) mass is 253 g/mol. The summed E-state index contributed by atoms with van der Waals surface area (Å²) < 4.78 is 4.85. The van der Waals surface area contributed by atoms with E-state index >= 15 is 0 Å². The molecule has 1 atom stereocenters. The van der Waals surface area contributed by atoms with Crippen LogP contribution in [0.5, 0.6) is 0 Å². The molecule has 0 bridgehead atoms. The fourth-order valence-electron chi connectivity index (χ4n) is 2.32. The van der Waals surface area contributed by atoms with Gasteiger partial charge in [-0.1, -0.05) is 6.92 Å². The maximum Gasteiger partial charge on any atom is 0.323 e. The van der Waals surface area contributed by atoms with Gasteiger partial charge in [0.15, 0.2) is 0 Å². The highest BCUT2D eigenvalue weighted by atomic mass is 32.1. The molecule has 0 saturated carbocycles. The number of carbonyl (C=O) groups is 1. The van der Waals surface area contributed by atoms with E-state index in [1.54, 1.807) is 0 Å². The number of ether oxygens (including phenoxy) is 1. The van der Waals surface area contributed by atoms with Crippen molar-refractivity contribution < 1.29 is 9.53 Å². The second kappa shape index (κ2) is 5.65. The summed E-state index contributed by atoms with van der Waals surface area (Å²) in [5.41, 5.74) is 0. The molecule has 1 aliphatic rings. The van der Waals surface area contributed by atoms with Crippen molar-refractivity contribution in [1.29, 1.82) is 0 Å². The zero-order chi connectivity index (χ0) is 12.3. The van der Waals surface area contributed by atoms with Crippen LogP contribution in [-0.2, 0) is 22.5 Å². The molecule has 4 heteroatoms. The van der Waals surface area contributed by atoms with Gasteiger partial charge in [-0.15, -0.1) is 11.3 Å². The highest BCUT2D eigenvalue weighted by molar-refractivity contribution is 7.11. The predicted molar refractivity (Wildman–Crippen MR) is 69.1 cm³/mol. The summed E-state index contributed by atoms with van der Waals surface area (Å²) >= 11 is 1.85. The van der Waals surface area contributed by atoms with Gasteiger partial charge in [0.1, 0.15) is 6.04 Å². The fourth-order valence-corrected chi connectivity index (χ4v) is 3.30. The first kappa shape index (κ1) is 12.6. The number of methoxy groups -OCH3 is 1. The van der Waals surface area contributed by atoms with Gasteiger partial charge in [-0.3, -0.25) is 9.69 Å². The maximum atomic E-state index is 11.6. The Morgan fingerprint density at radius 3 is 2.94 bits per heavy atom. The van der Waals surface area contributed by atoms with E-state index in [9.17, 15) is 4.79 Å². The molecule has 94 valence electrons. The van der Waals surface area contributed by atoms with E-state index in [4.69, 9.17) is 4.74 Å². The summed E-state index contributed by atoms with van der Waals surface area (Å²) in [6, 6.07) is 4.33. The summed E-state index contributed by atoms with van der Waals surface area (Å²) in [6.45, 7) is 4.05. The van der Waals surface area contributed by atoms with E-state index < -0.39 is 0 Å². The third-order valence-corrected chi connectivity index (χ3v) is 4.48. The Balaban J connectivity index is 2.00. The average Bonchev–Trinajstić information content (AvgIpc) is 2.97. The molecule has 0 aliphatic carbocycles. The number of rotatable bonds is 4. The summed E-state index contributed by atoms with van der Waals surface area (Å²) in [4.78, 5) is 16.6. The van der Waals surface area contributed by atoms with Crippen LogP contribution in [-0.4, -0.2) is 30.6 Å². The minimum atomic E-state index is -0.0882. The first-order valence-electron chi connectivity index (χ1n) is 6.14. The smallest absolute Gasteiger partial charge is 0.323 e. The molecule has 1 aliphatic heterocycles. The lowest BCUT2D eigenvalue weighted by Crippen LogP contribution is -2.36. The van der Waals surface area contributed by atoms with Crippen molar-refractivity contribution in [2.45, 2.75) is 38.8 Å². The number of hydrogen-bond donors (Lipinski definition) is 0. The Morgan fingerprint density at radius 2 is 2.29 bits per heavy atom. The minimum Gasteiger partial charge on any atom is -0.468 e. The SMILES string of the molecule is CCc1ccc(CN2CCCC2C(=O)OC)s1. The van der Waals surface area contributed by atoms with E-state index in [2.05, 4.69) is 24.0 Å². The van der Waals surface area contributed by atoms with Crippen LogP contribution >= 0.6 is 11.3 Å². The molecule has 1 aromatic rings. The molecular formula is C13H19NO2S. The summed E-state index contributed by atoms with van der Waals surface area (Å²) in [7, 11) is 1.47. The molecule has 1 fully saturated rings. The Morgan fingerprint density at radius 1 is 1.53 bits per heavy atom. The molecule has 1 aromatic heterocycles. The maximum absolute atomic E-state index is 11.6. The van der Waals surface area contributed by atoms with Crippen LogP contribution in [0.4, 0.5) is 0 Å². The third-order valence-electron chi connectivity index (χ3n) is 3.26. The molecule has 0 aromatic carbocycles. The van der Waals surface area contributed by atoms with Gasteiger partial charge in [-0.2, -0.15) is 0 Å². The number of thiophene rings is 1. The van der Waals surface area contributed by atoms with Crippen LogP contribution in [0.15, 0.2) is 12.1 Å². The first-order valence-corrected chi connectivity index (χ1v) is 6.95. The number of likely N-dealkylation sites (tertiary alicyclic amines) is 1. The van der Waals surface area contributed by atoms with Gasteiger partial charge in [0.05, 0.1) is 7.11 Å². The van der Waals surface area contributed by atoms with Gasteiger partial charge in [-0.05, 0) is 37.9 Å². The molecule has 17 heavy (non-hydrogen) atoms. The van der Waals surface area contributed by atoms with E-state index in [0.717, 1.165) is 32.4 Å². The van der Waals surface area contributed by atoms with E-state index in [0.29, 0.717) is 0 Å². The van der Waals surface area contributed by atoms with Gasteiger partial charge < -0.3 is 4.74 Å². The number of hydrogen-bond acceptors (Lipinski definition) is 4. The van der Waals surface area contributed by atoms with Crippen molar-refractivity contribution in [3.8, 4) is 0 Å². The van der Waals surface area contributed by atoms with E-state index in [1.165, 1.54) is 16.9 Å². The van der Waals surface area contributed by atoms with Crippen molar-refractivity contribution in [3.63, 3.8) is 0 Å². The van der Waals surface area contributed by atoms with Crippen LogP contribution in [0.25, 0.3) is 0 Å². The zero-order valence-electron chi connectivity index (χ0n) is 10.4. The molecule has 0 radical (unpaired) electrons. The Hall–Kier alpha value is -0.870. The molecule has 2 heterocycles. The normalized spacial score (nSPS) is 20.7. The van der Waals surface area contributed by atoms with Gasteiger partial charge in [0.2, 0.25) is 0 Å². The molecule has 0 N–H and O–H groups in total. The lowest BCUT2D eigenvalue weighted by molar-refractivity contribution is -0.146. The number of carbonyl (C=O) groups excluding carboxylic acids is 1. The van der Waals surface area contributed by atoms with Crippen LogP contribution in [0.2, 0.25) is 0 Å². The molecule has 1 unspecified atom stereocenters. The molecule has 2 rings (SSSR count). The highest BCUT2D eigenvalue weighted by Crippen LogP contribution is 2.24. The number of esters is 1. The Bertz CT molecular complexity index is 389. The lowest BCUT2D eigenvalue weighted by Gasteiger charge is -2.21. The molecule has 0 spiro atoms. The summed E-state index contributed by atoms with van der Waals surface area (Å²) in [5, 5.41) is 0. The largest absolute Gasteiger partial charge is 0.468 e. The molecule has 0 amide bonds. The standard InChI is InChI=1S/C13H19NO2S/c1-3-10-6-7-11(17-10)9-14-8-4-5-12(14)13(15)16-2/h6-7,12H,3-5,8-9H2,1-2H3. The second-order valence-electron chi connectivity index (χ2n) is 4.37. The molecular weight excluding hydrogens is 234 g/mol. The van der Waals surface area contributed by atoms with Gasteiger partial charge in [0.25, 0.3) is 0 Å². The topological polar surface area (TPSA) is 29.5 Å². The fraction of sp³-hybridized carbons (Fsp3) is 0.615. The van der Waals surface area contributed by atoms with Crippen molar-refractivity contribution in [3.05, 3.63) is 21.9 Å². The Kier molecular flexibility index (Phi) is 4.18. The van der Waals surface area contributed by atoms with Crippen molar-refractivity contribution in [1.82, 2.24) is 4.90 Å². The zero-order valence-corrected chi connectivity index (χ0v) is 11.3. The Labute approximate surface area is 106 Å². The van der Waals surface area contributed by atoms with Crippen molar-refractivity contribution in [2.75, 3.05) is 13.7 Å².